The minimum Gasteiger partial charge on any atom is -0.369 e. The number of aromatic nitrogens is 2. The second kappa shape index (κ2) is 9.30. The Labute approximate surface area is 196 Å². The van der Waals surface area contributed by atoms with Crippen molar-refractivity contribution in [1.82, 2.24) is 14.3 Å². The summed E-state index contributed by atoms with van der Waals surface area (Å²) in [6, 6.07) is 10.0. The number of sulfonamides is 1. The van der Waals surface area contributed by atoms with Gasteiger partial charge in [-0.05, 0) is 37.6 Å². The van der Waals surface area contributed by atoms with Crippen molar-refractivity contribution in [2.75, 3.05) is 29.8 Å². The molecule has 11 heteroatoms. The van der Waals surface area contributed by atoms with Gasteiger partial charge in [-0.3, -0.25) is 9.62 Å². The van der Waals surface area contributed by atoms with E-state index >= 15 is 0 Å². The monoisotopic (exact) mass is 495 g/mol. The van der Waals surface area contributed by atoms with Crippen molar-refractivity contribution in [3.05, 3.63) is 64.7 Å². The minimum absolute atomic E-state index is 0.0535. The van der Waals surface area contributed by atoms with Gasteiger partial charge < -0.3 is 4.90 Å². The quantitative estimate of drug-likeness (QED) is 0.530. The first-order valence-corrected chi connectivity index (χ1v) is 12.7. The highest BCUT2D eigenvalue weighted by atomic mass is 35.5. The van der Waals surface area contributed by atoms with Crippen LogP contribution in [0.3, 0.4) is 0 Å². The van der Waals surface area contributed by atoms with Gasteiger partial charge in [0, 0.05) is 49.8 Å². The Bertz CT molecular complexity index is 1210. The van der Waals surface area contributed by atoms with Gasteiger partial charge in [0.2, 0.25) is 5.13 Å². The van der Waals surface area contributed by atoms with Crippen LogP contribution in [0, 0.1) is 12.7 Å². The highest BCUT2D eigenvalue weighted by molar-refractivity contribution is 7.93. The van der Waals surface area contributed by atoms with Crippen LogP contribution in [-0.4, -0.2) is 48.9 Å². The van der Waals surface area contributed by atoms with Gasteiger partial charge in [0.1, 0.15) is 12.1 Å². The Hall–Kier alpha value is -2.27. The molecule has 1 fully saturated rings. The molecule has 1 aromatic heterocycles. The van der Waals surface area contributed by atoms with Gasteiger partial charge >= 0.3 is 0 Å². The molecule has 0 unspecified atom stereocenters. The van der Waals surface area contributed by atoms with Crippen molar-refractivity contribution < 1.29 is 12.8 Å². The van der Waals surface area contributed by atoms with Crippen molar-refractivity contribution in [3.8, 4) is 0 Å². The molecule has 0 bridgehead atoms. The molecule has 7 nitrogen and oxygen atoms in total. The van der Waals surface area contributed by atoms with Gasteiger partial charge in [0.05, 0.1) is 15.6 Å². The van der Waals surface area contributed by atoms with Crippen molar-refractivity contribution >= 4 is 44.0 Å². The van der Waals surface area contributed by atoms with Gasteiger partial charge in [0.15, 0.2) is 0 Å². The zero-order chi connectivity index (χ0) is 22.9. The normalized spacial score (nSPS) is 16.9. The molecule has 0 saturated carbocycles. The Morgan fingerprint density at radius 2 is 2.12 bits per heavy atom. The molecule has 1 N–H and O–H groups in total. The average molecular weight is 496 g/mol. The number of likely N-dealkylation sites (N-methyl/N-ethyl adjacent to an activating group) is 1. The Morgan fingerprint density at radius 1 is 1.31 bits per heavy atom. The summed E-state index contributed by atoms with van der Waals surface area (Å²) < 4.78 is 45.5. The lowest BCUT2D eigenvalue weighted by molar-refractivity contribution is 0.320. The number of hydrogen-bond donors (Lipinski definition) is 1. The topological polar surface area (TPSA) is 78.4 Å². The smallest absolute Gasteiger partial charge is 0.263 e. The molecule has 2 heterocycles. The van der Waals surface area contributed by atoms with Crippen LogP contribution in [0.2, 0.25) is 5.02 Å². The van der Waals surface area contributed by atoms with Crippen LogP contribution in [0.5, 0.6) is 0 Å². The molecule has 0 aliphatic carbocycles. The van der Waals surface area contributed by atoms with E-state index in [-0.39, 0.29) is 21.9 Å². The van der Waals surface area contributed by atoms with E-state index in [4.69, 9.17) is 11.6 Å². The van der Waals surface area contributed by atoms with Crippen molar-refractivity contribution in [1.29, 1.82) is 0 Å². The zero-order valence-corrected chi connectivity index (χ0v) is 20.0. The van der Waals surface area contributed by atoms with E-state index in [0.29, 0.717) is 17.1 Å². The predicted molar refractivity (Wildman–Crippen MR) is 125 cm³/mol. The van der Waals surface area contributed by atoms with Gasteiger partial charge in [-0.25, -0.2) is 17.8 Å². The number of likely N-dealkylation sites (tertiary alicyclic amines) is 1. The maximum absolute atomic E-state index is 14.1. The first kappa shape index (κ1) is 22.9. The average Bonchev–Trinajstić information content (AvgIpc) is 3.42. The fourth-order valence-corrected chi connectivity index (χ4v) is 5.93. The van der Waals surface area contributed by atoms with Crippen LogP contribution in [0.1, 0.15) is 17.5 Å². The summed E-state index contributed by atoms with van der Waals surface area (Å²) in [5.41, 5.74) is 2.48. The number of nitrogens with one attached hydrogen (secondary N) is 1. The van der Waals surface area contributed by atoms with Crippen molar-refractivity contribution in [2.24, 2.45) is 0 Å². The van der Waals surface area contributed by atoms with Gasteiger partial charge in [-0.2, -0.15) is 4.37 Å². The van der Waals surface area contributed by atoms with E-state index in [1.807, 2.05) is 20.0 Å². The maximum atomic E-state index is 14.1. The van der Waals surface area contributed by atoms with Gasteiger partial charge in [0.25, 0.3) is 10.0 Å². The maximum Gasteiger partial charge on any atom is 0.263 e. The van der Waals surface area contributed by atoms with Gasteiger partial charge in [-0.15, -0.1) is 0 Å². The molecule has 1 aliphatic heterocycles. The number of rotatable bonds is 7. The Kier molecular flexibility index (Phi) is 6.66. The summed E-state index contributed by atoms with van der Waals surface area (Å²) in [7, 11) is -1.87. The summed E-state index contributed by atoms with van der Waals surface area (Å²) >= 11 is 7.43. The SMILES string of the molecule is Cc1ccc(F)c(CN2CC[C@H](N(C)c3ccc(S(=O)(=O)Nc4ncns4)cc3Cl)C2)c1. The summed E-state index contributed by atoms with van der Waals surface area (Å²) in [5, 5.41) is 0.536. The molecular formula is C21H23ClFN5O2S2. The van der Waals surface area contributed by atoms with Crippen molar-refractivity contribution in [3.63, 3.8) is 0 Å². The summed E-state index contributed by atoms with van der Waals surface area (Å²) in [5.74, 6) is -0.186. The van der Waals surface area contributed by atoms with E-state index < -0.39 is 10.0 Å². The first-order valence-electron chi connectivity index (χ1n) is 10.0. The van der Waals surface area contributed by atoms with E-state index in [9.17, 15) is 12.8 Å². The Balaban J connectivity index is 1.44. The predicted octanol–water partition coefficient (Wildman–Crippen LogP) is 4.15. The van der Waals surface area contributed by atoms with E-state index in [2.05, 4.69) is 23.9 Å². The molecule has 0 radical (unpaired) electrons. The lowest BCUT2D eigenvalue weighted by Gasteiger charge is -2.28. The molecule has 2 aromatic carbocycles. The van der Waals surface area contributed by atoms with Crippen LogP contribution >= 0.6 is 23.1 Å². The summed E-state index contributed by atoms with van der Waals surface area (Å²) in [6.45, 7) is 4.12. The third kappa shape index (κ3) is 5.03. The van der Waals surface area contributed by atoms with Crippen LogP contribution in [0.15, 0.2) is 47.6 Å². The number of aryl methyl sites for hydroxylation is 1. The van der Waals surface area contributed by atoms with E-state index in [1.54, 1.807) is 12.1 Å². The van der Waals surface area contributed by atoms with Crippen molar-refractivity contribution in [2.45, 2.75) is 30.8 Å². The fraction of sp³-hybridized carbons (Fsp3) is 0.333. The molecule has 1 atom stereocenters. The second-order valence-electron chi connectivity index (χ2n) is 7.85. The Morgan fingerprint density at radius 3 is 2.84 bits per heavy atom. The largest absolute Gasteiger partial charge is 0.369 e. The van der Waals surface area contributed by atoms with Crippen LogP contribution in [-0.2, 0) is 16.6 Å². The van der Waals surface area contributed by atoms with E-state index in [1.165, 1.54) is 24.5 Å². The summed E-state index contributed by atoms with van der Waals surface area (Å²) in [4.78, 5) is 8.17. The van der Waals surface area contributed by atoms with Crippen LogP contribution in [0.25, 0.3) is 0 Å². The molecule has 0 spiro atoms. The number of halogens is 2. The highest BCUT2D eigenvalue weighted by Crippen LogP contribution is 2.32. The van der Waals surface area contributed by atoms with Crippen LogP contribution < -0.4 is 9.62 Å². The lowest BCUT2D eigenvalue weighted by Crippen LogP contribution is -2.34. The molecule has 3 aromatic rings. The number of hydrogen-bond acceptors (Lipinski definition) is 7. The third-order valence-electron chi connectivity index (χ3n) is 5.58. The molecule has 1 aliphatic rings. The minimum atomic E-state index is -3.81. The standard InChI is InChI=1S/C21H23ClFN5O2S2/c1-14-3-5-19(23)15(9-14)11-28-8-7-16(12-28)27(2)20-6-4-17(10-18(20)22)32(29,30)26-21-24-13-25-31-21/h3-6,9-10,13,16H,7-8,11-12H2,1-2H3,(H,24,25,26)/t16-/m0/s1. The lowest BCUT2D eigenvalue weighted by atomic mass is 10.1. The molecule has 1 saturated heterocycles. The highest BCUT2D eigenvalue weighted by Gasteiger charge is 2.28. The second-order valence-corrected chi connectivity index (χ2v) is 10.7. The summed E-state index contributed by atoms with van der Waals surface area (Å²) in [6.07, 6.45) is 2.19. The fourth-order valence-electron chi connectivity index (χ4n) is 3.87. The first-order chi connectivity index (χ1) is 15.2. The molecule has 32 heavy (non-hydrogen) atoms. The molecular weight excluding hydrogens is 473 g/mol. The molecule has 0 amide bonds. The number of anilines is 2. The van der Waals surface area contributed by atoms with Crippen LogP contribution in [0.4, 0.5) is 15.2 Å². The zero-order valence-electron chi connectivity index (χ0n) is 17.6. The molecule has 4 rings (SSSR count). The third-order valence-corrected chi connectivity index (χ3v) is 7.93. The van der Waals surface area contributed by atoms with Gasteiger partial charge in [-0.1, -0.05) is 29.3 Å². The molecule has 170 valence electrons. The number of benzene rings is 2. The van der Waals surface area contributed by atoms with E-state index in [0.717, 1.165) is 42.3 Å². The number of nitrogens with zero attached hydrogens (tertiary/aromatic N) is 4.